The van der Waals surface area contributed by atoms with Crippen LogP contribution in [0.5, 0.6) is 0 Å². The minimum Gasteiger partial charge on any atom is -0.277 e. The molecule has 1 saturated heterocycles. The van der Waals surface area contributed by atoms with Crippen molar-refractivity contribution in [1.82, 2.24) is 5.01 Å². The molecule has 188 valence electrons. The normalized spacial score (nSPS) is 19.5. The number of nitrogens with one attached hydrogen (secondary N) is 1. The third-order valence-electron chi connectivity index (χ3n) is 6.22. The number of nitrogens with zero attached hydrogens (tertiary/aromatic N) is 3. The average Bonchev–Trinajstić information content (AvgIpc) is 3.40. The van der Waals surface area contributed by atoms with Crippen molar-refractivity contribution in [3.63, 3.8) is 0 Å². The fraction of sp³-hybridized carbons (Fsp3) is 0.185. The summed E-state index contributed by atoms with van der Waals surface area (Å²) in [6.07, 6.45) is 0.544. The number of benzene rings is 3. The number of hydrazone groups is 1. The maximum atomic E-state index is 13.2. The Balaban J connectivity index is 1.40. The first kappa shape index (κ1) is 25.8. The molecule has 0 bridgehead atoms. The van der Waals surface area contributed by atoms with E-state index in [2.05, 4.69) is 0 Å². The van der Waals surface area contributed by atoms with Crippen molar-refractivity contribution in [3.05, 3.63) is 98.5 Å². The second-order valence-electron chi connectivity index (χ2n) is 8.84. The Morgan fingerprint density at radius 3 is 2.22 bits per heavy atom. The minimum atomic E-state index is -0.762. The number of hydrogen-bond acceptors (Lipinski definition) is 5. The Hall–Kier alpha value is -2.84. The van der Waals surface area contributed by atoms with Gasteiger partial charge in [-0.3, -0.25) is 15.0 Å². The predicted molar refractivity (Wildman–Crippen MR) is 151 cm³/mol. The summed E-state index contributed by atoms with van der Waals surface area (Å²) in [5.74, 6) is -0.781. The number of amides is 2. The van der Waals surface area contributed by atoms with Gasteiger partial charge in [-0.05, 0) is 48.4 Å². The zero-order chi connectivity index (χ0) is 26.3. The molecule has 0 unspecified atom stereocenters. The fourth-order valence-corrected chi connectivity index (χ4v) is 6.01. The van der Waals surface area contributed by atoms with E-state index in [1.165, 1.54) is 18.2 Å². The summed E-state index contributed by atoms with van der Waals surface area (Å²) >= 11 is 19.3. The number of rotatable bonds is 4. The van der Waals surface area contributed by atoms with Crippen LogP contribution in [0.15, 0.2) is 71.8 Å². The van der Waals surface area contributed by atoms with E-state index in [-0.39, 0.29) is 23.5 Å². The van der Waals surface area contributed by atoms with Crippen LogP contribution in [-0.4, -0.2) is 33.0 Å². The first-order valence-corrected chi connectivity index (χ1v) is 13.5. The maximum Gasteiger partial charge on any atom is 0.247 e. The minimum absolute atomic E-state index is 0.0377. The van der Waals surface area contributed by atoms with Crippen molar-refractivity contribution < 1.29 is 9.59 Å². The number of thioether (sulfide) groups is 1. The van der Waals surface area contributed by atoms with E-state index < -0.39 is 11.2 Å². The molecule has 2 aliphatic rings. The summed E-state index contributed by atoms with van der Waals surface area (Å²) in [4.78, 5) is 27.1. The summed E-state index contributed by atoms with van der Waals surface area (Å²) in [5.41, 5.74) is 4.23. The molecule has 0 aliphatic carbocycles. The summed E-state index contributed by atoms with van der Waals surface area (Å²) in [5, 5.41) is 15.9. The van der Waals surface area contributed by atoms with Gasteiger partial charge < -0.3 is 0 Å². The Labute approximate surface area is 233 Å². The summed E-state index contributed by atoms with van der Waals surface area (Å²) in [6.45, 7) is 2.02. The smallest absolute Gasteiger partial charge is 0.247 e. The quantitative estimate of drug-likeness (QED) is 0.206. The van der Waals surface area contributed by atoms with Gasteiger partial charge >= 0.3 is 0 Å². The third-order valence-corrected chi connectivity index (χ3v) is 7.97. The molecule has 0 radical (unpaired) electrons. The van der Waals surface area contributed by atoms with E-state index in [9.17, 15) is 9.59 Å². The molecule has 1 N–H and O–H groups in total. The number of amidine groups is 1. The van der Waals surface area contributed by atoms with Crippen molar-refractivity contribution in [3.8, 4) is 0 Å². The Morgan fingerprint density at radius 1 is 0.919 bits per heavy atom. The molecule has 2 amide bonds. The van der Waals surface area contributed by atoms with Crippen molar-refractivity contribution in [2.45, 2.75) is 31.1 Å². The summed E-state index contributed by atoms with van der Waals surface area (Å²) in [6, 6.07) is 19.9. The molecule has 1 fully saturated rings. The lowest BCUT2D eigenvalue weighted by Crippen LogP contribution is -2.32. The molecular formula is C27H21Cl3N4O2S. The van der Waals surface area contributed by atoms with Crippen molar-refractivity contribution in [1.29, 1.82) is 5.41 Å². The first-order chi connectivity index (χ1) is 17.7. The highest BCUT2D eigenvalue weighted by molar-refractivity contribution is 8.14. The number of halogens is 3. The van der Waals surface area contributed by atoms with E-state index in [1.54, 1.807) is 5.01 Å². The molecule has 3 aromatic carbocycles. The van der Waals surface area contributed by atoms with Crippen LogP contribution >= 0.6 is 46.6 Å². The predicted octanol–water partition coefficient (Wildman–Crippen LogP) is 7.11. The molecule has 0 saturated carbocycles. The van der Waals surface area contributed by atoms with E-state index in [4.69, 9.17) is 45.3 Å². The molecular weight excluding hydrogens is 551 g/mol. The molecule has 3 aromatic rings. The van der Waals surface area contributed by atoms with Gasteiger partial charge in [0.1, 0.15) is 5.25 Å². The Kier molecular flexibility index (Phi) is 7.32. The number of imide groups is 1. The molecule has 5 rings (SSSR count). The van der Waals surface area contributed by atoms with Crippen LogP contribution in [-0.2, 0) is 9.59 Å². The van der Waals surface area contributed by atoms with Crippen LogP contribution in [0.4, 0.5) is 5.69 Å². The standard InChI is InChI=1S/C27H21Cl3N4O2S/c1-15-2-4-16(5-3-15)22-13-23(17-6-8-18(28)9-7-17)34(32-22)27(31)37-24-14-25(35)33(26(24)36)21-11-19(29)10-20(30)12-21/h2-12,23-24,31H,13-14H2,1H3/t23-,24+/m0/s1. The summed E-state index contributed by atoms with van der Waals surface area (Å²) in [7, 11) is 0. The van der Waals surface area contributed by atoms with Crippen LogP contribution in [0.25, 0.3) is 0 Å². The maximum absolute atomic E-state index is 13.2. The first-order valence-electron chi connectivity index (χ1n) is 11.5. The summed E-state index contributed by atoms with van der Waals surface area (Å²) < 4.78 is 0. The van der Waals surface area contributed by atoms with Crippen LogP contribution in [0.1, 0.15) is 35.6 Å². The molecule has 0 spiro atoms. The van der Waals surface area contributed by atoms with E-state index in [1.807, 2.05) is 55.5 Å². The van der Waals surface area contributed by atoms with Gasteiger partial charge in [-0.25, -0.2) is 9.91 Å². The zero-order valence-electron chi connectivity index (χ0n) is 19.6. The highest BCUT2D eigenvalue weighted by Crippen LogP contribution is 2.38. The highest BCUT2D eigenvalue weighted by Gasteiger charge is 2.42. The fourth-order valence-electron chi connectivity index (χ4n) is 4.39. The lowest BCUT2D eigenvalue weighted by atomic mass is 9.98. The van der Waals surface area contributed by atoms with Crippen molar-refractivity contribution >= 4 is 74.9 Å². The van der Waals surface area contributed by atoms with E-state index >= 15 is 0 Å². The number of aryl methyl sites for hydroxylation is 1. The SMILES string of the molecule is Cc1ccc(C2=NN(C(=N)S[C@@H]3CC(=O)N(c4cc(Cl)cc(Cl)c4)C3=O)[C@H](c3ccc(Cl)cc3)C2)cc1. The molecule has 0 aromatic heterocycles. The highest BCUT2D eigenvalue weighted by atomic mass is 35.5. The number of hydrogen-bond donors (Lipinski definition) is 1. The topological polar surface area (TPSA) is 76.8 Å². The lowest BCUT2D eigenvalue weighted by Gasteiger charge is -2.24. The molecule has 2 aliphatic heterocycles. The number of anilines is 1. The van der Waals surface area contributed by atoms with E-state index in [0.717, 1.165) is 39.1 Å². The molecule has 2 atom stereocenters. The molecule has 6 nitrogen and oxygen atoms in total. The van der Waals surface area contributed by atoms with Gasteiger partial charge in [-0.1, -0.05) is 88.5 Å². The van der Waals surface area contributed by atoms with Gasteiger partial charge in [0.05, 0.1) is 17.4 Å². The van der Waals surface area contributed by atoms with Crippen LogP contribution < -0.4 is 4.90 Å². The van der Waals surface area contributed by atoms with Gasteiger partial charge in [-0.2, -0.15) is 5.10 Å². The lowest BCUT2D eigenvalue weighted by molar-refractivity contribution is -0.121. The van der Waals surface area contributed by atoms with Crippen molar-refractivity contribution in [2.24, 2.45) is 5.10 Å². The van der Waals surface area contributed by atoms with Gasteiger partial charge in [0.25, 0.3) is 0 Å². The monoisotopic (exact) mass is 570 g/mol. The second kappa shape index (κ2) is 10.5. The van der Waals surface area contributed by atoms with Crippen LogP contribution in [0, 0.1) is 12.3 Å². The third kappa shape index (κ3) is 5.41. The zero-order valence-corrected chi connectivity index (χ0v) is 22.7. The van der Waals surface area contributed by atoms with Gasteiger partial charge in [0, 0.05) is 27.9 Å². The number of carbonyl (C=O) groups is 2. The largest absolute Gasteiger partial charge is 0.277 e. The van der Waals surface area contributed by atoms with Gasteiger partial charge in [-0.15, -0.1) is 0 Å². The molecule has 10 heteroatoms. The van der Waals surface area contributed by atoms with Crippen molar-refractivity contribution in [2.75, 3.05) is 4.90 Å². The van der Waals surface area contributed by atoms with Gasteiger partial charge in [0.15, 0.2) is 5.17 Å². The molecule has 2 heterocycles. The molecule has 37 heavy (non-hydrogen) atoms. The van der Waals surface area contributed by atoms with E-state index in [0.29, 0.717) is 27.2 Å². The second-order valence-corrected chi connectivity index (χ2v) is 11.3. The van der Waals surface area contributed by atoms with Crippen LogP contribution in [0.2, 0.25) is 15.1 Å². The Morgan fingerprint density at radius 2 is 1.57 bits per heavy atom. The van der Waals surface area contributed by atoms with Gasteiger partial charge in [0.2, 0.25) is 11.8 Å². The number of carbonyl (C=O) groups excluding carboxylic acids is 2. The average molecular weight is 572 g/mol. The Bertz CT molecular complexity index is 1410. The van der Waals surface area contributed by atoms with Crippen LogP contribution in [0.3, 0.4) is 0 Å².